The summed E-state index contributed by atoms with van der Waals surface area (Å²) in [6.45, 7) is 2.60. The highest BCUT2D eigenvalue weighted by Crippen LogP contribution is 2.26. The molecule has 0 aliphatic carbocycles. The largest absolute Gasteiger partial charge is 0.378 e. The third-order valence-electron chi connectivity index (χ3n) is 7.87. The Morgan fingerprint density at radius 2 is 1.12 bits per heavy atom. The van der Waals surface area contributed by atoms with Gasteiger partial charge in [-0.05, 0) is 72.3 Å². The van der Waals surface area contributed by atoms with E-state index >= 15 is 0 Å². The minimum atomic E-state index is -4.42. The molecule has 0 fully saturated rings. The first kappa shape index (κ1) is 39.5. The van der Waals surface area contributed by atoms with Crippen molar-refractivity contribution >= 4 is 84.6 Å². The average molecular weight is 810 g/mol. The summed E-state index contributed by atoms with van der Waals surface area (Å²) in [7, 11) is -5.03. The number of amidine groups is 1. The zero-order chi connectivity index (χ0) is 40.9. The molecule has 1 aliphatic heterocycles. The molecule has 6 rings (SSSR count). The maximum absolute atomic E-state index is 14.0. The van der Waals surface area contributed by atoms with Crippen molar-refractivity contribution in [3.63, 3.8) is 0 Å². The standard InChI is InChI=1S/C37H35N11O7S2/c1-23(49)38-27-12-18-30(19-13-27)56(52,53)45-36-41-35(42-37(43-36)46-57(54,55)31-20-14-28(15-21-31)39-24(2)50)44-48-33(26-8-6-5-7-9-26)40-32(34(48)51)22-25-10-16-29(17-11-25)47(3)4/h5-22H,1-4H3,(H,38,49)(H,39,50)(H3,41,42,43,44,45,46)/b32-22+. The number of aliphatic imine (C=N–C) groups is 1. The summed E-state index contributed by atoms with van der Waals surface area (Å²) < 4.78 is 58.4. The maximum Gasteiger partial charge on any atom is 0.297 e. The second-order valence-corrected chi connectivity index (χ2v) is 15.9. The molecule has 18 nitrogen and oxygen atoms in total. The van der Waals surface area contributed by atoms with Crippen molar-refractivity contribution in [3.8, 4) is 0 Å². The van der Waals surface area contributed by atoms with Crippen LogP contribution in [0.15, 0.2) is 124 Å². The summed E-state index contributed by atoms with van der Waals surface area (Å²) in [5.41, 5.74) is 5.64. The van der Waals surface area contributed by atoms with Crippen LogP contribution in [0.2, 0.25) is 0 Å². The fraction of sp³-hybridized carbons (Fsp3) is 0.108. The molecular formula is C37H35N11O7S2. The summed E-state index contributed by atoms with van der Waals surface area (Å²) >= 11 is 0. The topological polar surface area (TPSA) is 237 Å². The Kier molecular flexibility index (Phi) is 11.3. The van der Waals surface area contributed by atoms with Gasteiger partial charge in [-0.3, -0.25) is 19.8 Å². The quantitative estimate of drug-likeness (QED) is 0.106. The molecule has 0 atom stereocenters. The second kappa shape index (κ2) is 16.3. The summed E-state index contributed by atoms with van der Waals surface area (Å²) in [4.78, 5) is 55.3. The zero-order valence-corrected chi connectivity index (χ0v) is 32.4. The lowest BCUT2D eigenvalue weighted by Crippen LogP contribution is -2.38. The van der Waals surface area contributed by atoms with Gasteiger partial charge in [0.2, 0.25) is 29.7 Å². The smallest absolute Gasteiger partial charge is 0.297 e. The van der Waals surface area contributed by atoms with Crippen LogP contribution in [0.4, 0.5) is 34.9 Å². The Balaban J connectivity index is 1.37. The van der Waals surface area contributed by atoms with Crippen molar-refractivity contribution in [2.45, 2.75) is 23.6 Å². The molecule has 4 aromatic carbocycles. The van der Waals surface area contributed by atoms with E-state index in [1.54, 1.807) is 36.4 Å². The third kappa shape index (κ3) is 9.74. The molecule has 0 saturated heterocycles. The van der Waals surface area contributed by atoms with E-state index in [-0.39, 0.29) is 33.1 Å². The number of aromatic nitrogens is 3. The van der Waals surface area contributed by atoms with E-state index in [1.807, 2.05) is 43.3 Å². The molecule has 2 heterocycles. The first-order chi connectivity index (χ1) is 27.1. The SMILES string of the molecule is CC(=O)Nc1ccc(S(=O)(=O)Nc2nc(NN3C(=O)/C(=C\c4ccc(N(C)C)cc4)N=C3c3ccccc3)nc(NS(=O)(=O)c3ccc(NC(C)=O)cc3)n2)cc1. The van der Waals surface area contributed by atoms with Gasteiger partial charge in [0.1, 0.15) is 5.70 Å². The summed E-state index contributed by atoms with van der Waals surface area (Å²) in [6, 6.07) is 26.6. The van der Waals surface area contributed by atoms with Crippen LogP contribution < -0.4 is 30.4 Å². The Hall–Kier alpha value is -7.19. The van der Waals surface area contributed by atoms with E-state index in [0.717, 1.165) is 10.7 Å². The van der Waals surface area contributed by atoms with Crippen LogP contribution in [0.25, 0.3) is 6.08 Å². The Morgan fingerprint density at radius 1 is 0.649 bits per heavy atom. The number of benzene rings is 4. The Bertz CT molecular complexity index is 2510. The van der Waals surface area contributed by atoms with E-state index in [1.165, 1.54) is 62.4 Å². The van der Waals surface area contributed by atoms with Crippen LogP contribution in [-0.4, -0.2) is 74.4 Å². The van der Waals surface area contributed by atoms with Crippen LogP contribution in [0.5, 0.6) is 0 Å². The molecule has 0 bridgehead atoms. The summed E-state index contributed by atoms with van der Waals surface area (Å²) in [5, 5.41) is 6.13. The second-order valence-electron chi connectivity index (χ2n) is 12.5. The van der Waals surface area contributed by atoms with E-state index in [9.17, 15) is 31.2 Å². The molecule has 20 heteroatoms. The van der Waals surface area contributed by atoms with Gasteiger partial charge in [0, 0.05) is 50.6 Å². The highest BCUT2D eigenvalue weighted by Gasteiger charge is 2.33. The van der Waals surface area contributed by atoms with Gasteiger partial charge >= 0.3 is 0 Å². The number of carbonyl (C=O) groups excluding carboxylic acids is 3. The monoisotopic (exact) mass is 809 g/mol. The van der Waals surface area contributed by atoms with Crippen molar-refractivity contribution in [2.24, 2.45) is 4.99 Å². The van der Waals surface area contributed by atoms with Gasteiger partial charge in [-0.15, -0.1) is 0 Å². The van der Waals surface area contributed by atoms with Crippen LogP contribution >= 0.6 is 0 Å². The predicted molar refractivity (Wildman–Crippen MR) is 215 cm³/mol. The Labute approximate surface area is 327 Å². The minimum absolute atomic E-state index is 0.0419. The summed E-state index contributed by atoms with van der Waals surface area (Å²) in [6.07, 6.45) is 1.59. The van der Waals surface area contributed by atoms with Crippen molar-refractivity contribution < 1.29 is 31.2 Å². The number of hydrazine groups is 1. The first-order valence-corrected chi connectivity index (χ1v) is 19.8. The number of sulfonamides is 2. The molecule has 5 aromatic rings. The highest BCUT2D eigenvalue weighted by atomic mass is 32.2. The molecule has 1 aromatic heterocycles. The fourth-order valence-corrected chi connectivity index (χ4v) is 7.13. The van der Waals surface area contributed by atoms with Gasteiger partial charge in [-0.25, -0.2) is 31.3 Å². The van der Waals surface area contributed by atoms with Gasteiger partial charge in [0.25, 0.3) is 26.0 Å². The number of carbonyl (C=O) groups is 3. The number of anilines is 6. The van der Waals surface area contributed by atoms with Gasteiger partial charge in [0.15, 0.2) is 5.84 Å². The average Bonchev–Trinajstić information content (AvgIpc) is 3.45. The van der Waals surface area contributed by atoms with Gasteiger partial charge in [-0.2, -0.15) is 20.0 Å². The molecule has 0 spiro atoms. The molecule has 1 aliphatic rings. The molecule has 3 amide bonds. The number of nitrogens with zero attached hydrogens (tertiary/aromatic N) is 6. The predicted octanol–water partition coefficient (Wildman–Crippen LogP) is 4.11. The fourth-order valence-electron chi connectivity index (χ4n) is 5.24. The van der Waals surface area contributed by atoms with Gasteiger partial charge < -0.3 is 15.5 Å². The number of rotatable bonds is 13. The lowest BCUT2D eigenvalue weighted by atomic mass is 10.1. The highest BCUT2D eigenvalue weighted by molar-refractivity contribution is 7.93. The molecule has 0 unspecified atom stereocenters. The van der Waals surface area contributed by atoms with Crippen LogP contribution in [0.1, 0.15) is 25.0 Å². The third-order valence-corrected chi connectivity index (χ3v) is 10.6. The normalized spacial score (nSPS) is 13.5. The van der Waals surface area contributed by atoms with Crippen LogP contribution in [0.3, 0.4) is 0 Å². The molecule has 0 saturated carbocycles. The zero-order valence-electron chi connectivity index (χ0n) is 30.7. The molecule has 0 radical (unpaired) electrons. The van der Waals surface area contributed by atoms with Gasteiger partial charge in [0.05, 0.1) is 9.79 Å². The van der Waals surface area contributed by atoms with Crippen LogP contribution in [0, 0.1) is 0 Å². The van der Waals surface area contributed by atoms with Crippen molar-refractivity contribution in [1.29, 1.82) is 0 Å². The van der Waals surface area contributed by atoms with E-state index in [0.29, 0.717) is 22.5 Å². The molecule has 292 valence electrons. The minimum Gasteiger partial charge on any atom is -0.378 e. The lowest BCUT2D eigenvalue weighted by molar-refractivity contribution is -0.121. The molecule has 57 heavy (non-hydrogen) atoms. The number of amides is 3. The molecule has 5 N–H and O–H groups in total. The van der Waals surface area contributed by atoms with E-state index < -0.39 is 43.8 Å². The maximum atomic E-state index is 14.0. The Morgan fingerprint density at radius 3 is 1.58 bits per heavy atom. The van der Waals surface area contributed by atoms with Gasteiger partial charge in [-0.1, -0.05) is 42.5 Å². The lowest BCUT2D eigenvalue weighted by Gasteiger charge is -2.20. The number of hydrogen-bond donors (Lipinski definition) is 5. The summed E-state index contributed by atoms with van der Waals surface area (Å²) in [5.74, 6) is -2.90. The van der Waals surface area contributed by atoms with Crippen molar-refractivity contribution in [1.82, 2.24) is 20.0 Å². The van der Waals surface area contributed by atoms with Crippen molar-refractivity contribution in [2.75, 3.05) is 44.5 Å². The van der Waals surface area contributed by atoms with E-state index in [2.05, 4.69) is 45.4 Å². The number of nitrogens with one attached hydrogen (secondary N) is 5. The van der Waals surface area contributed by atoms with E-state index in [4.69, 9.17) is 0 Å². The first-order valence-electron chi connectivity index (χ1n) is 16.9. The number of hydrogen-bond acceptors (Lipinski definition) is 13. The molecular weight excluding hydrogens is 775 g/mol. The van der Waals surface area contributed by atoms with Crippen LogP contribution in [-0.2, 0) is 34.4 Å². The van der Waals surface area contributed by atoms with Crippen molar-refractivity contribution in [3.05, 3.63) is 120 Å².